The van der Waals surface area contributed by atoms with Gasteiger partial charge >= 0.3 is 0 Å². The number of phenolic OH excluding ortho intramolecular Hbond substituents is 1. The molecule has 0 spiro atoms. The fourth-order valence-electron chi connectivity index (χ4n) is 0.949. The van der Waals surface area contributed by atoms with Gasteiger partial charge in [-0.3, -0.25) is 9.11 Å². The van der Waals surface area contributed by atoms with Gasteiger partial charge in [0.15, 0.2) is 5.75 Å². The van der Waals surface area contributed by atoms with Crippen molar-refractivity contribution in [1.82, 2.24) is 0 Å². The van der Waals surface area contributed by atoms with E-state index in [0.717, 1.165) is 0 Å². The van der Waals surface area contributed by atoms with Crippen molar-refractivity contribution in [2.75, 3.05) is 5.73 Å². The van der Waals surface area contributed by atoms with Crippen LogP contribution in [0.3, 0.4) is 0 Å². The monoisotopic (exact) mass is 308 g/mol. The summed E-state index contributed by atoms with van der Waals surface area (Å²) in [7, 11) is -9.54. The molecule has 0 fully saturated rings. The molecule has 1 rings (SSSR count). The molecule has 11 heteroatoms. The Morgan fingerprint density at radius 2 is 1.47 bits per heavy atom. The summed E-state index contributed by atoms with van der Waals surface area (Å²) in [5.74, 6) is -0.991. The number of nitrogens with two attached hydrogens (primary N) is 1. The molecule has 0 bridgehead atoms. The van der Waals surface area contributed by atoms with Crippen molar-refractivity contribution in [2.24, 2.45) is 0 Å². The van der Waals surface area contributed by atoms with Gasteiger partial charge in [0.05, 0.1) is 10.6 Å². The van der Waals surface area contributed by atoms with Crippen LogP contribution in [0.15, 0.2) is 21.9 Å². The molecule has 17 heavy (non-hydrogen) atoms. The molecule has 1 aromatic rings. The van der Waals surface area contributed by atoms with Crippen LogP contribution in [-0.2, 0) is 20.2 Å². The predicted molar refractivity (Wildman–Crippen MR) is 57.9 cm³/mol. The summed E-state index contributed by atoms with van der Waals surface area (Å²) in [6.07, 6.45) is 0. The summed E-state index contributed by atoms with van der Waals surface area (Å²) < 4.78 is 60.2. The van der Waals surface area contributed by atoms with Gasteiger partial charge in [-0.15, -0.1) is 0 Å². The van der Waals surface area contributed by atoms with Gasteiger partial charge in [-0.1, -0.05) is 0 Å². The Bertz CT molecular complexity index is 637. The molecular formula is C6H7KNO7S2. The van der Waals surface area contributed by atoms with E-state index in [-0.39, 0.29) is 51.4 Å². The summed E-state index contributed by atoms with van der Waals surface area (Å²) in [6.45, 7) is 0. The van der Waals surface area contributed by atoms with Gasteiger partial charge in [0.1, 0.15) is 4.90 Å². The Balaban J connectivity index is 0.00000256. The maximum atomic E-state index is 10.7. The van der Waals surface area contributed by atoms with Crippen molar-refractivity contribution in [1.29, 1.82) is 0 Å². The summed E-state index contributed by atoms with van der Waals surface area (Å²) in [6, 6.07) is 1.04. The van der Waals surface area contributed by atoms with Gasteiger partial charge in [0, 0.05) is 51.4 Å². The summed E-state index contributed by atoms with van der Waals surface area (Å²) in [5, 5.41) is 9.18. The van der Waals surface area contributed by atoms with Crippen LogP contribution in [0, 0.1) is 0 Å². The summed E-state index contributed by atoms with van der Waals surface area (Å²) >= 11 is 0. The van der Waals surface area contributed by atoms with Crippen LogP contribution in [0.2, 0.25) is 0 Å². The van der Waals surface area contributed by atoms with Gasteiger partial charge in [-0.05, 0) is 12.1 Å². The number of anilines is 1. The van der Waals surface area contributed by atoms with Crippen LogP contribution >= 0.6 is 0 Å². The van der Waals surface area contributed by atoms with Gasteiger partial charge in [-0.2, -0.15) is 16.8 Å². The molecule has 0 unspecified atom stereocenters. The van der Waals surface area contributed by atoms with Crippen LogP contribution < -0.4 is 5.73 Å². The number of hydrogen-bond donors (Lipinski definition) is 4. The van der Waals surface area contributed by atoms with E-state index in [0.29, 0.717) is 12.1 Å². The number of benzene rings is 1. The third kappa shape index (κ3) is 4.15. The van der Waals surface area contributed by atoms with Crippen molar-refractivity contribution >= 4 is 77.3 Å². The molecule has 0 amide bonds. The predicted octanol–water partition coefficient (Wildman–Crippen LogP) is -0.913. The number of nitrogen functional groups attached to an aromatic ring is 1. The Hall–Kier alpha value is 0.276. The summed E-state index contributed by atoms with van der Waals surface area (Å²) in [5.41, 5.74) is 4.51. The molecule has 1 radical (unpaired) electrons. The van der Waals surface area contributed by atoms with Crippen molar-refractivity contribution in [3.8, 4) is 5.75 Å². The number of rotatable bonds is 2. The second-order valence-electron chi connectivity index (χ2n) is 2.81. The minimum Gasteiger partial charge on any atom is -0.504 e. The van der Waals surface area contributed by atoms with Crippen molar-refractivity contribution < 1.29 is 31.0 Å². The van der Waals surface area contributed by atoms with Crippen molar-refractivity contribution in [3.05, 3.63) is 12.1 Å². The SMILES string of the molecule is Nc1cc(S(=O)(=O)O)cc(S(=O)(=O)O)c1O.[K]. The number of phenols is 1. The van der Waals surface area contributed by atoms with Gasteiger partial charge in [0.2, 0.25) is 0 Å². The standard InChI is InChI=1S/C6H7NO7S2.K/c7-4-1-3(15(9,10)11)2-5(6(4)8)16(12,13)14;/h1-2,8H,7H2,(H,9,10,11)(H,12,13,14);. The molecule has 1 aromatic carbocycles. The quantitative estimate of drug-likeness (QED) is 0.237. The van der Waals surface area contributed by atoms with E-state index in [1.54, 1.807) is 0 Å². The van der Waals surface area contributed by atoms with Gasteiger partial charge in [-0.25, -0.2) is 0 Å². The molecule has 0 aliphatic heterocycles. The normalized spacial score (nSPS) is 11.9. The van der Waals surface area contributed by atoms with Crippen molar-refractivity contribution in [3.63, 3.8) is 0 Å². The Kier molecular flexibility index (Phi) is 5.59. The molecule has 0 aliphatic rings. The van der Waals surface area contributed by atoms with Crippen molar-refractivity contribution in [2.45, 2.75) is 9.79 Å². The van der Waals surface area contributed by atoms with E-state index < -0.39 is 41.5 Å². The van der Waals surface area contributed by atoms with Gasteiger partial charge in [0.25, 0.3) is 20.2 Å². The average molecular weight is 308 g/mol. The Labute approximate surface area is 140 Å². The average Bonchev–Trinajstić information content (AvgIpc) is 2.05. The molecule has 0 heterocycles. The fraction of sp³-hybridized carbons (Fsp3) is 0. The fourth-order valence-corrected chi connectivity index (χ4v) is 2.20. The van der Waals surface area contributed by atoms with E-state index >= 15 is 0 Å². The zero-order valence-corrected chi connectivity index (χ0v) is 13.3. The third-order valence-electron chi connectivity index (χ3n) is 1.65. The van der Waals surface area contributed by atoms with Crippen LogP contribution in [0.1, 0.15) is 0 Å². The Morgan fingerprint density at radius 3 is 1.82 bits per heavy atom. The van der Waals surface area contributed by atoms with E-state index in [2.05, 4.69) is 0 Å². The topological polar surface area (TPSA) is 155 Å². The molecule has 0 saturated carbocycles. The number of aromatic hydroxyl groups is 1. The van der Waals surface area contributed by atoms with Crippen LogP contribution in [0.5, 0.6) is 5.75 Å². The van der Waals surface area contributed by atoms with E-state index in [1.165, 1.54) is 0 Å². The minimum atomic E-state index is -4.84. The zero-order valence-electron chi connectivity index (χ0n) is 8.52. The first-order valence-corrected chi connectivity index (χ1v) is 6.49. The third-order valence-corrected chi connectivity index (χ3v) is 3.35. The van der Waals surface area contributed by atoms with E-state index in [4.69, 9.17) is 14.8 Å². The molecule has 0 aromatic heterocycles. The second-order valence-corrected chi connectivity index (χ2v) is 5.62. The van der Waals surface area contributed by atoms with Crippen LogP contribution in [0.4, 0.5) is 5.69 Å². The molecule has 91 valence electrons. The van der Waals surface area contributed by atoms with Crippen LogP contribution in [0.25, 0.3) is 0 Å². The molecule has 8 nitrogen and oxygen atoms in total. The summed E-state index contributed by atoms with van der Waals surface area (Å²) in [4.78, 5) is -1.95. The molecule has 0 atom stereocenters. The molecule has 0 saturated heterocycles. The minimum absolute atomic E-state index is 0. The van der Waals surface area contributed by atoms with E-state index in [1.807, 2.05) is 0 Å². The first-order chi connectivity index (χ1) is 7.03. The van der Waals surface area contributed by atoms with Crippen LogP contribution in [-0.4, -0.2) is 82.4 Å². The van der Waals surface area contributed by atoms with E-state index in [9.17, 15) is 21.9 Å². The number of hydrogen-bond acceptors (Lipinski definition) is 6. The van der Waals surface area contributed by atoms with Gasteiger partial charge < -0.3 is 10.8 Å². The molecule has 0 aliphatic carbocycles. The smallest absolute Gasteiger partial charge is 0.298 e. The molecule has 5 N–H and O–H groups in total. The second kappa shape index (κ2) is 5.50. The Morgan fingerprint density at radius 1 is 1.00 bits per heavy atom. The first-order valence-electron chi connectivity index (χ1n) is 3.61. The molecular weight excluding hydrogens is 301 g/mol. The zero-order chi connectivity index (χ0) is 12.7. The largest absolute Gasteiger partial charge is 0.504 e. The first kappa shape index (κ1) is 17.3. The maximum absolute atomic E-state index is 10.7. The maximum Gasteiger partial charge on any atom is 0.298 e.